The van der Waals surface area contributed by atoms with Gasteiger partial charge in [0.2, 0.25) is 0 Å². The molecule has 1 aliphatic rings. The average molecular weight is 610 g/mol. The average Bonchev–Trinajstić information content (AvgIpc) is 3.56. The van der Waals surface area contributed by atoms with Crippen molar-refractivity contribution in [2.75, 3.05) is 26.0 Å². The molecule has 10 nitrogen and oxygen atoms in total. The van der Waals surface area contributed by atoms with E-state index in [1.807, 2.05) is 6.07 Å². The van der Waals surface area contributed by atoms with Crippen LogP contribution >= 0.6 is 22.9 Å². The summed E-state index contributed by atoms with van der Waals surface area (Å²) >= 11 is 7.79. The minimum absolute atomic E-state index is 0.0530. The summed E-state index contributed by atoms with van der Waals surface area (Å²) in [5, 5.41) is 14.0. The monoisotopic (exact) mass is 609 g/mol. The Bertz CT molecular complexity index is 1700. The van der Waals surface area contributed by atoms with Crippen LogP contribution in [0.5, 0.6) is 5.75 Å². The number of anilines is 2. The Kier molecular flexibility index (Phi) is 8.61. The third-order valence-electron chi connectivity index (χ3n) is 6.31. The van der Waals surface area contributed by atoms with Gasteiger partial charge >= 0.3 is 12.2 Å². The Morgan fingerprint density at radius 3 is 2.81 bits per heavy atom. The van der Waals surface area contributed by atoms with Crippen molar-refractivity contribution in [2.24, 2.45) is 0 Å². The van der Waals surface area contributed by atoms with Gasteiger partial charge in [-0.25, -0.2) is 23.9 Å². The summed E-state index contributed by atoms with van der Waals surface area (Å²) in [5.41, 5.74) is 1.35. The quantitative estimate of drug-likeness (QED) is 0.257. The van der Waals surface area contributed by atoms with E-state index in [2.05, 4.69) is 27.1 Å². The van der Waals surface area contributed by atoms with Crippen LogP contribution in [0.15, 0.2) is 54.9 Å². The lowest BCUT2D eigenvalue weighted by atomic mass is 10.2. The number of amides is 2. The van der Waals surface area contributed by atoms with Crippen LogP contribution in [-0.2, 0) is 11.3 Å². The zero-order valence-electron chi connectivity index (χ0n) is 22.5. The molecule has 4 aromatic rings. The molecule has 0 unspecified atom stereocenters. The number of hydrogen-bond donors (Lipinski definition) is 2. The minimum atomic E-state index is -1.13. The van der Waals surface area contributed by atoms with E-state index in [-0.39, 0.29) is 25.4 Å². The highest BCUT2D eigenvalue weighted by atomic mass is 35.5. The smallest absolute Gasteiger partial charge is 0.409 e. The summed E-state index contributed by atoms with van der Waals surface area (Å²) in [7, 11) is 3.12. The number of carbonyl (C=O) groups is 2. The molecule has 1 saturated heterocycles. The Hall–Kier alpha value is -4.60. The van der Waals surface area contributed by atoms with Crippen molar-refractivity contribution >= 4 is 56.8 Å². The first-order valence-electron chi connectivity index (χ1n) is 12.7. The maximum atomic E-state index is 13.4. The zero-order chi connectivity index (χ0) is 29.8. The Morgan fingerprint density at radius 2 is 2.07 bits per heavy atom. The van der Waals surface area contributed by atoms with Gasteiger partial charge in [0.1, 0.15) is 47.3 Å². The maximum absolute atomic E-state index is 13.4. The molecular formula is C29H25ClFN5O5S. The first-order chi connectivity index (χ1) is 20.2. The van der Waals surface area contributed by atoms with E-state index in [1.54, 1.807) is 44.4 Å². The highest BCUT2D eigenvalue weighted by Gasteiger charge is 2.36. The highest BCUT2D eigenvalue weighted by molar-refractivity contribution is 7.19. The molecule has 1 aliphatic heterocycles. The molecule has 0 aliphatic carbocycles. The summed E-state index contributed by atoms with van der Waals surface area (Å²) in [4.78, 5) is 36.2. The number of thiophene rings is 1. The van der Waals surface area contributed by atoms with E-state index in [4.69, 9.17) is 21.1 Å². The van der Waals surface area contributed by atoms with Gasteiger partial charge in [-0.1, -0.05) is 35.6 Å². The fraction of sp³-hybridized carbons (Fsp3) is 0.241. The Labute approximate surface area is 249 Å². The molecule has 2 aromatic heterocycles. The largest absolute Gasteiger partial charge is 0.487 e. The van der Waals surface area contributed by atoms with Crippen molar-refractivity contribution in [2.45, 2.75) is 25.2 Å². The van der Waals surface area contributed by atoms with E-state index in [0.717, 1.165) is 5.39 Å². The summed E-state index contributed by atoms with van der Waals surface area (Å²) in [5.74, 6) is 6.72. The van der Waals surface area contributed by atoms with Gasteiger partial charge < -0.3 is 24.8 Å². The fourth-order valence-electron chi connectivity index (χ4n) is 4.27. The second-order valence-corrected chi connectivity index (χ2v) is 11.0. The Morgan fingerprint density at radius 1 is 1.24 bits per heavy atom. The van der Waals surface area contributed by atoms with Gasteiger partial charge in [0.05, 0.1) is 21.8 Å². The third-order valence-corrected chi connectivity index (χ3v) is 7.56. The van der Waals surface area contributed by atoms with Gasteiger partial charge in [-0.05, 0) is 42.0 Å². The molecule has 0 saturated carbocycles. The summed E-state index contributed by atoms with van der Waals surface area (Å²) < 4.78 is 24.6. The van der Waals surface area contributed by atoms with Crippen LogP contribution in [0.25, 0.3) is 10.2 Å². The third kappa shape index (κ3) is 6.82. The number of halogens is 2. The number of aromatic nitrogens is 2. The molecule has 5 rings (SSSR count). The van der Waals surface area contributed by atoms with Crippen molar-refractivity contribution in [3.05, 3.63) is 76.1 Å². The van der Waals surface area contributed by atoms with Crippen LogP contribution in [-0.4, -0.2) is 69.8 Å². The van der Waals surface area contributed by atoms with Crippen LogP contribution in [0, 0.1) is 17.7 Å². The molecule has 2 aromatic carbocycles. The number of benzene rings is 2. The highest BCUT2D eigenvalue weighted by Crippen LogP contribution is 2.33. The number of nitrogens with one attached hydrogen (secondary N) is 1. The number of ether oxygens (including phenoxy) is 2. The number of likely N-dealkylation sites (tertiary alicyclic amines) is 1. The second kappa shape index (κ2) is 12.5. The fourth-order valence-corrected chi connectivity index (χ4v) is 5.37. The maximum Gasteiger partial charge on any atom is 0.409 e. The number of hydrogen-bond acceptors (Lipinski definition) is 8. The van der Waals surface area contributed by atoms with Crippen LogP contribution in [0.2, 0.25) is 5.02 Å². The van der Waals surface area contributed by atoms with Crippen molar-refractivity contribution < 1.29 is 28.6 Å². The van der Waals surface area contributed by atoms with Crippen LogP contribution in [0.4, 0.5) is 25.5 Å². The molecule has 0 radical (unpaired) electrons. The number of carbonyl (C=O) groups excluding carboxylic acids is 1. The first kappa shape index (κ1) is 28.9. The van der Waals surface area contributed by atoms with Crippen molar-refractivity contribution in [1.29, 1.82) is 0 Å². The molecule has 1 fully saturated rings. The molecule has 2 N–H and O–H groups in total. The first-order valence-corrected chi connectivity index (χ1v) is 13.9. The van der Waals surface area contributed by atoms with Gasteiger partial charge in [0.15, 0.2) is 0 Å². The van der Waals surface area contributed by atoms with E-state index >= 15 is 0 Å². The van der Waals surface area contributed by atoms with Gasteiger partial charge in [-0.3, -0.25) is 4.90 Å². The van der Waals surface area contributed by atoms with E-state index in [0.29, 0.717) is 37.5 Å². The second-order valence-electron chi connectivity index (χ2n) is 9.60. The SMILES string of the molecule is CN(C)C(=O)O[C@H]1C[C@H](C#Cc2cc3c(Nc4ccc(OCc5cccc(F)c5)c(Cl)c4)ncnc3s2)N(C(=O)O)C1. The van der Waals surface area contributed by atoms with Gasteiger partial charge in [0.25, 0.3) is 0 Å². The summed E-state index contributed by atoms with van der Waals surface area (Å²) in [6, 6.07) is 12.6. The zero-order valence-corrected chi connectivity index (χ0v) is 24.1. The lowest BCUT2D eigenvalue weighted by Crippen LogP contribution is -2.35. The van der Waals surface area contributed by atoms with Crippen LogP contribution in [0.3, 0.4) is 0 Å². The van der Waals surface area contributed by atoms with E-state index < -0.39 is 24.3 Å². The molecule has 0 bridgehead atoms. The molecule has 42 heavy (non-hydrogen) atoms. The van der Waals surface area contributed by atoms with E-state index in [1.165, 1.54) is 39.6 Å². The normalized spacial score (nSPS) is 16.0. The molecular weight excluding hydrogens is 585 g/mol. The molecule has 2 atom stereocenters. The number of rotatable bonds is 6. The lowest BCUT2D eigenvalue weighted by molar-refractivity contribution is 0.0766. The van der Waals surface area contributed by atoms with Gasteiger partial charge in [0, 0.05) is 26.2 Å². The molecule has 216 valence electrons. The topological polar surface area (TPSA) is 117 Å². The Balaban J connectivity index is 1.29. The van der Waals surface area contributed by atoms with Crippen molar-refractivity contribution in [3.8, 4) is 17.6 Å². The van der Waals surface area contributed by atoms with Crippen LogP contribution in [0.1, 0.15) is 16.9 Å². The van der Waals surface area contributed by atoms with Crippen LogP contribution < -0.4 is 10.1 Å². The lowest BCUT2D eigenvalue weighted by Gasteiger charge is -2.16. The summed E-state index contributed by atoms with van der Waals surface area (Å²) in [6.07, 6.45) is -0.531. The van der Waals surface area contributed by atoms with Gasteiger partial charge in [-0.15, -0.1) is 11.3 Å². The minimum Gasteiger partial charge on any atom is -0.487 e. The molecule has 2 amide bonds. The number of fused-ring (bicyclic) bond motifs is 1. The summed E-state index contributed by atoms with van der Waals surface area (Å²) in [6.45, 7) is 0.222. The molecule has 3 heterocycles. The van der Waals surface area contributed by atoms with Crippen molar-refractivity contribution in [1.82, 2.24) is 19.8 Å². The predicted molar refractivity (Wildman–Crippen MR) is 157 cm³/mol. The predicted octanol–water partition coefficient (Wildman–Crippen LogP) is 5.98. The van der Waals surface area contributed by atoms with Gasteiger partial charge in [-0.2, -0.15) is 0 Å². The van der Waals surface area contributed by atoms with E-state index in [9.17, 15) is 19.1 Å². The molecule has 13 heteroatoms. The standard InChI is InChI=1S/C29H25ClFN5O5S/c1-35(2)29(39)41-21-12-20(36(14-21)28(37)38)7-8-22-13-23-26(32-16-33-27(23)42-22)34-19-6-9-25(24(30)11-19)40-15-17-4-3-5-18(31)10-17/h3-6,9-11,13,16,20-21H,12,14-15H2,1-2H3,(H,37,38)(H,32,33,34)/t20-,21-/m0/s1. The molecule has 0 spiro atoms. The number of carboxylic acid groups (broad SMARTS) is 1. The number of nitrogens with zero attached hydrogens (tertiary/aromatic N) is 4. The van der Waals surface area contributed by atoms with Crippen molar-refractivity contribution in [3.63, 3.8) is 0 Å².